The van der Waals surface area contributed by atoms with Gasteiger partial charge in [-0.3, -0.25) is 0 Å². The molecule has 0 atom stereocenters. The Bertz CT molecular complexity index is 592. The normalized spacial score (nSPS) is 11.8. The van der Waals surface area contributed by atoms with Crippen LogP contribution < -0.4 is 10.5 Å². The minimum Gasteiger partial charge on any atom is -0.487 e. The van der Waals surface area contributed by atoms with Crippen LogP contribution in [0.4, 0.5) is 0 Å². The van der Waals surface area contributed by atoms with E-state index in [2.05, 4.69) is 20.2 Å². The summed E-state index contributed by atoms with van der Waals surface area (Å²) in [5, 5.41) is 15.5. The van der Waals surface area contributed by atoms with Crippen molar-refractivity contribution in [1.29, 1.82) is 0 Å². The largest absolute Gasteiger partial charge is 0.487 e. The molecule has 0 unspecified atom stereocenters. The number of rotatable bonds is 4. The third kappa shape index (κ3) is 2.79. The van der Waals surface area contributed by atoms with Crippen LogP contribution in [0.1, 0.15) is 19.7 Å². The molecule has 2 aromatic heterocycles. The average Bonchev–Trinajstić information content (AvgIpc) is 2.87. The number of nitrogens with two attached hydrogens (primary N) is 1. The summed E-state index contributed by atoms with van der Waals surface area (Å²) in [6.07, 6.45) is 3.05. The van der Waals surface area contributed by atoms with Crippen molar-refractivity contribution in [2.24, 2.45) is 10.9 Å². The van der Waals surface area contributed by atoms with Gasteiger partial charge in [0.2, 0.25) is 11.7 Å². The van der Waals surface area contributed by atoms with Crippen molar-refractivity contribution in [3.05, 3.63) is 30.5 Å². The van der Waals surface area contributed by atoms with Crippen molar-refractivity contribution in [2.45, 2.75) is 20.0 Å². The van der Waals surface area contributed by atoms with Crippen molar-refractivity contribution in [2.75, 3.05) is 0 Å². The number of oxime groups is 1. The summed E-state index contributed by atoms with van der Waals surface area (Å²) < 4.78 is 7.04. The predicted octanol–water partition coefficient (Wildman–Crippen LogP) is 0.544. The van der Waals surface area contributed by atoms with Crippen LogP contribution in [0.3, 0.4) is 0 Å². The lowest BCUT2D eigenvalue weighted by Crippen LogP contribution is -2.16. The van der Waals surface area contributed by atoms with E-state index in [1.165, 1.54) is 11.0 Å². The summed E-state index contributed by atoms with van der Waals surface area (Å²) in [6, 6.07) is 3.55. The molecule has 2 rings (SSSR count). The highest BCUT2D eigenvalue weighted by Gasteiger charge is 2.12. The molecule has 2 heterocycles. The summed E-state index contributed by atoms with van der Waals surface area (Å²) in [4.78, 5) is 8.12. The minimum absolute atomic E-state index is 0.00927. The molecule has 2 aromatic rings. The van der Waals surface area contributed by atoms with Gasteiger partial charge in [0.25, 0.3) is 0 Å². The van der Waals surface area contributed by atoms with Crippen LogP contribution in [0.25, 0.3) is 5.82 Å². The molecule has 0 bridgehead atoms. The molecule has 0 aliphatic carbocycles. The first-order chi connectivity index (χ1) is 9.11. The molecule has 3 N–H and O–H groups in total. The molecule has 0 saturated heterocycles. The lowest BCUT2D eigenvalue weighted by Gasteiger charge is -2.12. The molecule has 0 aliphatic rings. The lowest BCUT2D eigenvalue weighted by atomic mass is 10.4. The van der Waals surface area contributed by atoms with Crippen molar-refractivity contribution in [3.63, 3.8) is 0 Å². The second-order valence-electron chi connectivity index (χ2n) is 3.99. The molecule has 19 heavy (non-hydrogen) atoms. The zero-order chi connectivity index (χ0) is 13.8. The SMILES string of the molecule is CC(C)Oc1cccnc1-n1cnc(/C(N)=N/O)n1. The van der Waals surface area contributed by atoms with Gasteiger partial charge in [0, 0.05) is 6.20 Å². The molecule has 0 amide bonds. The van der Waals surface area contributed by atoms with Crippen LogP contribution in [0.5, 0.6) is 5.75 Å². The van der Waals surface area contributed by atoms with E-state index < -0.39 is 0 Å². The Hall–Kier alpha value is -2.64. The van der Waals surface area contributed by atoms with Gasteiger partial charge in [-0.05, 0) is 26.0 Å². The number of aromatic nitrogens is 4. The van der Waals surface area contributed by atoms with E-state index in [0.29, 0.717) is 11.6 Å². The van der Waals surface area contributed by atoms with Gasteiger partial charge in [-0.25, -0.2) is 9.97 Å². The number of hydrogen-bond donors (Lipinski definition) is 2. The monoisotopic (exact) mass is 262 g/mol. The van der Waals surface area contributed by atoms with Gasteiger partial charge < -0.3 is 15.7 Å². The zero-order valence-corrected chi connectivity index (χ0v) is 10.6. The first-order valence-corrected chi connectivity index (χ1v) is 5.63. The Labute approximate surface area is 109 Å². The van der Waals surface area contributed by atoms with Crippen LogP contribution in [0.15, 0.2) is 29.8 Å². The Morgan fingerprint density at radius 2 is 2.26 bits per heavy atom. The van der Waals surface area contributed by atoms with Gasteiger partial charge in [0.15, 0.2) is 11.6 Å². The standard InChI is InChI=1S/C11H14N6O2/c1-7(2)19-8-4-3-5-13-11(8)17-6-14-10(15-17)9(12)16-18/h3-7,18H,1-2H3,(H2,12,16). The van der Waals surface area contributed by atoms with E-state index in [-0.39, 0.29) is 17.8 Å². The van der Waals surface area contributed by atoms with E-state index in [1.807, 2.05) is 13.8 Å². The highest BCUT2D eigenvalue weighted by molar-refractivity contribution is 5.93. The van der Waals surface area contributed by atoms with E-state index >= 15 is 0 Å². The third-order valence-corrected chi connectivity index (χ3v) is 2.16. The van der Waals surface area contributed by atoms with E-state index in [0.717, 1.165) is 0 Å². The minimum atomic E-state index is -0.166. The highest BCUT2D eigenvalue weighted by Crippen LogP contribution is 2.20. The number of nitrogens with zero attached hydrogens (tertiary/aromatic N) is 5. The number of hydrogen-bond acceptors (Lipinski definition) is 6. The molecule has 8 nitrogen and oxygen atoms in total. The van der Waals surface area contributed by atoms with Crippen LogP contribution in [-0.2, 0) is 0 Å². The Kier molecular flexibility index (Phi) is 3.60. The molecule has 0 aliphatic heterocycles. The van der Waals surface area contributed by atoms with E-state index in [4.69, 9.17) is 15.7 Å². The second kappa shape index (κ2) is 5.34. The molecular formula is C11H14N6O2. The molecule has 0 spiro atoms. The second-order valence-corrected chi connectivity index (χ2v) is 3.99. The fourth-order valence-corrected chi connectivity index (χ4v) is 1.43. The molecule has 0 fully saturated rings. The van der Waals surface area contributed by atoms with Crippen LogP contribution in [0.2, 0.25) is 0 Å². The van der Waals surface area contributed by atoms with Gasteiger partial charge in [0.1, 0.15) is 6.33 Å². The Morgan fingerprint density at radius 1 is 1.47 bits per heavy atom. The maximum Gasteiger partial charge on any atom is 0.220 e. The number of amidine groups is 1. The first-order valence-electron chi connectivity index (χ1n) is 5.63. The number of ether oxygens (including phenoxy) is 1. The molecule has 8 heteroatoms. The maximum absolute atomic E-state index is 8.57. The molecular weight excluding hydrogens is 248 g/mol. The third-order valence-electron chi connectivity index (χ3n) is 2.16. The smallest absolute Gasteiger partial charge is 0.220 e. The van der Waals surface area contributed by atoms with Crippen LogP contribution in [0, 0.1) is 0 Å². The Balaban J connectivity index is 2.39. The van der Waals surface area contributed by atoms with E-state index in [9.17, 15) is 0 Å². The first kappa shape index (κ1) is 12.8. The molecule has 0 saturated carbocycles. The van der Waals surface area contributed by atoms with Crippen molar-refractivity contribution < 1.29 is 9.94 Å². The fourth-order valence-electron chi connectivity index (χ4n) is 1.43. The fraction of sp³-hybridized carbons (Fsp3) is 0.273. The van der Waals surface area contributed by atoms with Gasteiger partial charge in [-0.2, -0.15) is 4.68 Å². The summed E-state index contributed by atoms with van der Waals surface area (Å²) in [5.41, 5.74) is 5.41. The van der Waals surface area contributed by atoms with Gasteiger partial charge in [0.05, 0.1) is 6.10 Å². The van der Waals surface area contributed by atoms with Crippen molar-refractivity contribution in [1.82, 2.24) is 19.7 Å². The Morgan fingerprint density at radius 3 is 2.95 bits per heavy atom. The summed E-state index contributed by atoms with van der Waals surface area (Å²) >= 11 is 0. The van der Waals surface area contributed by atoms with Gasteiger partial charge in [-0.1, -0.05) is 5.16 Å². The average molecular weight is 262 g/mol. The quantitative estimate of drug-likeness (QED) is 0.360. The van der Waals surface area contributed by atoms with Crippen LogP contribution in [-0.4, -0.2) is 36.9 Å². The van der Waals surface area contributed by atoms with Crippen molar-refractivity contribution >= 4 is 5.84 Å². The molecule has 100 valence electrons. The maximum atomic E-state index is 8.57. The summed E-state index contributed by atoms with van der Waals surface area (Å²) in [5.74, 6) is 1.01. The predicted molar refractivity (Wildman–Crippen MR) is 67.4 cm³/mol. The number of pyridine rings is 1. The van der Waals surface area contributed by atoms with E-state index in [1.54, 1.807) is 18.3 Å². The topological polar surface area (TPSA) is 111 Å². The van der Waals surface area contributed by atoms with Gasteiger partial charge >= 0.3 is 0 Å². The summed E-state index contributed by atoms with van der Waals surface area (Å²) in [7, 11) is 0. The van der Waals surface area contributed by atoms with Gasteiger partial charge in [-0.15, -0.1) is 5.10 Å². The van der Waals surface area contributed by atoms with Crippen molar-refractivity contribution in [3.8, 4) is 11.6 Å². The zero-order valence-electron chi connectivity index (χ0n) is 10.6. The van der Waals surface area contributed by atoms with Crippen LogP contribution >= 0.6 is 0 Å². The lowest BCUT2D eigenvalue weighted by molar-refractivity contribution is 0.240. The highest BCUT2D eigenvalue weighted by atomic mass is 16.5. The summed E-state index contributed by atoms with van der Waals surface area (Å²) in [6.45, 7) is 3.83. The molecule has 0 radical (unpaired) electrons. The molecule has 0 aromatic carbocycles.